The molecule has 22 heavy (non-hydrogen) atoms. The van der Waals surface area contributed by atoms with Gasteiger partial charge in [-0.2, -0.15) is 10.2 Å². The first-order valence-electron chi connectivity index (χ1n) is 6.41. The molecule has 1 N–H and O–H groups in total. The Morgan fingerprint density at radius 2 is 2.14 bits per heavy atom. The minimum absolute atomic E-state index is 0.150. The Kier molecular flexibility index (Phi) is 3.94. The number of nitriles is 1. The molecule has 0 aliphatic heterocycles. The number of nitrogens with one attached hydrogen (secondary N) is 1. The second-order valence-corrected chi connectivity index (χ2v) is 5.31. The Morgan fingerprint density at radius 3 is 2.82 bits per heavy atom. The molecule has 1 aromatic carbocycles. The Balaban J connectivity index is 1.62. The first-order chi connectivity index (χ1) is 10.8. The van der Waals surface area contributed by atoms with Gasteiger partial charge in [-0.15, -0.1) is 11.3 Å². The fourth-order valence-corrected chi connectivity index (χ4v) is 2.44. The van der Waals surface area contributed by atoms with E-state index in [4.69, 9.17) is 9.78 Å². The van der Waals surface area contributed by atoms with Crippen LogP contribution >= 0.6 is 11.3 Å². The van der Waals surface area contributed by atoms with E-state index in [1.54, 1.807) is 24.3 Å². The van der Waals surface area contributed by atoms with Crippen molar-refractivity contribution in [2.24, 2.45) is 0 Å². The molecule has 108 valence electrons. The van der Waals surface area contributed by atoms with Crippen molar-refractivity contribution in [3.8, 4) is 16.8 Å². The highest BCUT2D eigenvalue weighted by molar-refractivity contribution is 7.13. The van der Waals surface area contributed by atoms with Gasteiger partial charge in [0.05, 0.1) is 23.1 Å². The molecule has 6 nitrogen and oxygen atoms in total. The van der Waals surface area contributed by atoms with E-state index in [0.717, 1.165) is 4.88 Å². The number of carbonyl (C=O) groups is 1. The van der Waals surface area contributed by atoms with Crippen molar-refractivity contribution in [2.45, 2.75) is 6.54 Å². The smallest absolute Gasteiger partial charge is 0.251 e. The summed E-state index contributed by atoms with van der Waals surface area (Å²) in [5.41, 5.74) is 0.978. The number of hydrogen-bond donors (Lipinski definition) is 1. The van der Waals surface area contributed by atoms with E-state index in [0.29, 0.717) is 22.8 Å². The molecule has 3 aromatic rings. The van der Waals surface area contributed by atoms with Gasteiger partial charge in [-0.1, -0.05) is 11.2 Å². The second kappa shape index (κ2) is 6.20. The molecular weight excluding hydrogens is 300 g/mol. The summed E-state index contributed by atoms with van der Waals surface area (Å²) >= 11 is 1.52. The van der Waals surface area contributed by atoms with E-state index in [1.807, 2.05) is 23.6 Å². The van der Waals surface area contributed by atoms with E-state index in [2.05, 4.69) is 15.5 Å². The van der Waals surface area contributed by atoms with E-state index in [1.165, 1.54) is 11.3 Å². The lowest BCUT2D eigenvalue weighted by atomic mass is 10.1. The van der Waals surface area contributed by atoms with Crippen LogP contribution in [0.1, 0.15) is 21.8 Å². The van der Waals surface area contributed by atoms with E-state index in [-0.39, 0.29) is 12.5 Å². The topological polar surface area (TPSA) is 91.8 Å². The van der Waals surface area contributed by atoms with Gasteiger partial charge in [0.2, 0.25) is 11.7 Å². The predicted molar refractivity (Wildman–Crippen MR) is 79.9 cm³/mol. The van der Waals surface area contributed by atoms with Crippen molar-refractivity contribution in [3.05, 3.63) is 58.8 Å². The van der Waals surface area contributed by atoms with Crippen LogP contribution in [0.2, 0.25) is 0 Å². The lowest BCUT2D eigenvalue weighted by molar-refractivity contribution is 0.0946. The molecule has 3 rings (SSSR count). The largest absolute Gasteiger partial charge is 0.343 e. The lowest BCUT2D eigenvalue weighted by Crippen LogP contribution is -2.22. The third-order valence-electron chi connectivity index (χ3n) is 2.89. The molecule has 0 saturated heterocycles. The summed E-state index contributed by atoms with van der Waals surface area (Å²) in [5.74, 6) is 0.586. The van der Waals surface area contributed by atoms with Crippen molar-refractivity contribution in [1.82, 2.24) is 15.5 Å². The summed E-state index contributed by atoms with van der Waals surface area (Å²) < 4.78 is 5.10. The maximum absolute atomic E-state index is 12.0. The van der Waals surface area contributed by atoms with Gasteiger partial charge in [-0.25, -0.2) is 0 Å². The molecule has 2 heterocycles. The van der Waals surface area contributed by atoms with Crippen LogP contribution in [0.15, 0.2) is 46.3 Å². The molecule has 0 atom stereocenters. The van der Waals surface area contributed by atoms with Crippen molar-refractivity contribution in [1.29, 1.82) is 5.26 Å². The van der Waals surface area contributed by atoms with Gasteiger partial charge in [0, 0.05) is 5.56 Å². The number of benzene rings is 1. The number of aromatic nitrogens is 2. The Labute approximate surface area is 130 Å². The molecule has 0 radical (unpaired) electrons. The summed E-state index contributed by atoms with van der Waals surface area (Å²) in [6, 6.07) is 12.2. The zero-order chi connectivity index (χ0) is 15.4. The minimum atomic E-state index is -0.264. The normalized spacial score (nSPS) is 10.1. The van der Waals surface area contributed by atoms with Gasteiger partial charge in [0.25, 0.3) is 5.91 Å². The van der Waals surface area contributed by atoms with Crippen LogP contribution in [0.4, 0.5) is 0 Å². The van der Waals surface area contributed by atoms with Gasteiger partial charge < -0.3 is 9.84 Å². The third-order valence-corrected chi connectivity index (χ3v) is 3.75. The quantitative estimate of drug-likeness (QED) is 0.799. The highest BCUT2D eigenvalue weighted by Crippen LogP contribution is 2.21. The van der Waals surface area contributed by atoms with Crippen LogP contribution in [-0.4, -0.2) is 16.0 Å². The first-order valence-corrected chi connectivity index (χ1v) is 7.29. The van der Waals surface area contributed by atoms with Gasteiger partial charge in [-0.05, 0) is 35.7 Å². The molecule has 0 aliphatic rings. The fraction of sp³-hybridized carbons (Fsp3) is 0.0667. The number of thiophene rings is 1. The van der Waals surface area contributed by atoms with Gasteiger partial charge in [-0.3, -0.25) is 4.79 Å². The molecule has 0 saturated carbocycles. The van der Waals surface area contributed by atoms with E-state index in [9.17, 15) is 4.79 Å². The minimum Gasteiger partial charge on any atom is -0.343 e. The van der Waals surface area contributed by atoms with Gasteiger partial charge in [0.1, 0.15) is 0 Å². The summed E-state index contributed by atoms with van der Waals surface area (Å²) in [7, 11) is 0. The predicted octanol–water partition coefficient (Wildman–Crippen LogP) is 2.60. The summed E-state index contributed by atoms with van der Waals surface area (Å²) in [6.07, 6.45) is 0. The van der Waals surface area contributed by atoms with Crippen LogP contribution in [0.5, 0.6) is 0 Å². The molecule has 2 aromatic heterocycles. The van der Waals surface area contributed by atoms with Crippen molar-refractivity contribution in [2.75, 3.05) is 0 Å². The van der Waals surface area contributed by atoms with Crippen LogP contribution in [0, 0.1) is 11.3 Å². The van der Waals surface area contributed by atoms with Gasteiger partial charge in [0.15, 0.2) is 0 Å². The van der Waals surface area contributed by atoms with Crippen molar-refractivity contribution >= 4 is 17.2 Å². The van der Waals surface area contributed by atoms with Crippen LogP contribution < -0.4 is 5.32 Å². The zero-order valence-corrected chi connectivity index (χ0v) is 12.1. The highest BCUT2D eigenvalue weighted by atomic mass is 32.1. The number of rotatable bonds is 4. The van der Waals surface area contributed by atoms with Crippen LogP contribution in [-0.2, 0) is 6.54 Å². The summed E-state index contributed by atoms with van der Waals surface area (Å²) in [4.78, 5) is 17.1. The number of nitrogens with zero attached hydrogens (tertiary/aromatic N) is 3. The maximum atomic E-state index is 12.0. The van der Waals surface area contributed by atoms with E-state index < -0.39 is 0 Å². The molecule has 0 spiro atoms. The number of carbonyl (C=O) groups excluding carboxylic acids is 1. The molecule has 0 aliphatic carbocycles. The Morgan fingerprint density at radius 1 is 1.32 bits per heavy atom. The average molecular weight is 310 g/mol. The van der Waals surface area contributed by atoms with Crippen molar-refractivity contribution < 1.29 is 9.32 Å². The first kappa shape index (κ1) is 14.0. The summed E-state index contributed by atoms with van der Waals surface area (Å²) in [5, 5.41) is 17.2. The monoisotopic (exact) mass is 310 g/mol. The molecule has 0 fully saturated rings. The van der Waals surface area contributed by atoms with Crippen molar-refractivity contribution in [3.63, 3.8) is 0 Å². The Hall–Kier alpha value is -2.98. The molecule has 7 heteroatoms. The summed E-state index contributed by atoms with van der Waals surface area (Å²) in [6.45, 7) is 0.150. The second-order valence-electron chi connectivity index (χ2n) is 4.36. The Bertz CT molecular complexity index is 816. The maximum Gasteiger partial charge on any atom is 0.251 e. The average Bonchev–Trinajstić information content (AvgIpc) is 3.23. The third kappa shape index (κ3) is 3.02. The highest BCUT2D eigenvalue weighted by Gasteiger charge is 2.11. The zero-order valence-electron chi connectivity index (χ0n) is 11.3. The molecule has 0 bridgehead atoms. The molecule has 0 unspecified atom stereocenters. The van der Waals surface area contributed by atoms with E-state index >= 15 is 0 Å². The standard InChI is InChI=1S/C15H10N4O2S/c16-8-10-3-5-11(6-4-10)15(20)17-9-13-18-14(19-21-13)12-2-1-7-22-12/h1-7H,9H2,(H,17,20). The van der Waals surface area contributed by atoms with Crippen LogP contribution in [0.3, 0.4) is 0 Å². The van der Waals surface area contributed by atoms with Gasteiger partial charge >= 0.3 is 0 Å². The number of amides is 1. The fourth-order valence-electron chi connectivity index (χ4n) is 1.79. The molecule has 1 amide bonds. The van der Waals surface area contributed by atoms with Crippen LogP contribution in [0.25, 0.3) is 10.7 Å². The number of hydrogen-bond acceptors (Lipinski definition) is 6. The lowest BCUT2D eigenvalue weighted by Gasteiger charge is -2.01. The SMILES string of the molecule is N#Cc1ccc(C(=O)NCc2nc(-c3cccs3)no2)cc1. The molecular formula is C15H10N4O2S.